The summed E-state index contributed by atoms with van der Waals surface area (Å²) in [5.74, 6) is 0.581. The molecule has 0 saturated heterocycles. The number of carbonyl (C=O) groups excluding carboxylic acids is 2. The predicted octanol–water partition coefficient (Wildman–Crippen LogP) is 3.05. The van der Waals surface area contributed by atoms with Gasteiger partial charge in [0.05, 0.1) is 5.69 Å². The number of fused-ring (bicyclic) bond motifs is 1. The van der Waals surface area contributed by atoms with Crippen LogP contribution in [-0.2, 0) is 14.3 Å². The molecule has 1 aliphatic heterocycles. The van der Waals surface area contributed by atoms with E-state index in [0.29, 0.717) is 23.6 Å². The summed E-state index contributed by atoms with van der Waals surface area (Å²) in [5.41, 5.74) is 0.555. The van der Waals surface area contributed by atoms with E-state index in [1.807, 2.05) is 6.92 Å². The third kappa shape index (κ3) is 3.99. The molecule has 24 heavy (non-hydrogen) atoms. The zero-order valence-electron chi connectivity index (χ0n) is 13.9. The molecular weight excluding hydrogens is 310 g/mol. The highest BCUT2D eigenvalue weighted by Crippen LogP contribution is 2.32. The molecule has 1 atom stereocenters. The quantitative estimate of drug-likeness (QED) is 0.838. The third-order valence-electron chi connectivity index (χ3n) is 4.33. The van der Waals surface area contributed by atoms with Gasteiger partial charge < -0.3 is 19.5 Å². The number of hydrogen-bond acceptors (Lipinski definition) is 5. The minimum Gasteiger partial charge on any atom is -0.482 e. The van der Waals surface area contributed by atoms with Crippen molar-refractivity contribution >= 4 is 17.6 Å². The Hall–Kier alpha value is -2.24. The molecule has 0 radical (unpaired) electrons. The van der Waals surface area contributed by atoms with Crippen LogP contribution in [0.1, 0.15) is 45.4 Å². The second-order valence-corrected chi connectivity index (χ2v) is 6.21. The van der Waals surface area contributed by atoms with Gasteiger partial charge in [-0.1, -0.05) is 13.3 Å². The minimum atomic E-state index is -0.648. The lowest BCUT2D eigenvalue weighted by atomic mass is 9.98. The van der Waals surface area contributed by atoms with Crippen molar-refractivity contribution in [2.24, 2.45) is 0 Å². The van der Waals surface area contributed by atoms with Crippen molar-refractivity contribution < 1.29 is 23.8 Å². The number of esters is 1. The van der Waals surface area contributed by atoms with Gasteiger partial charge in [0.1, 0.15) is 17.6 Å². The van der Waals surface area contributed by atoms with E-state index in [9.17, 15) is 9.59 Å². The van der Waals surface area contributed by atoms with Crippen LogP contribution in [0.5, 0.6) is 11.5 Å². The highest BCUT2D eigenvalue weighted by atomic mass is 16.6. The smallest absolute Gasteiger partial charge is 0.347 e. The lowest BCUT2D eigenvalue weighted by molar-refractivity contribution is -0.159. The zero-order chi connectivity index (χ0) is 16.9. The highest BCUT2D eigenvalue weighted by molar-refractivity contribution is 5.95. The summed E-state index contributed by atoms with van der Waals surface area (Å²) in [5, 5.41) is 2.73. The molecule has 1 saturated carbocycles. The fourth-order valence-corrected chi connectivity index (χ4v) is 3.02. The van der Waals surface area contributed by atoms with Gasteiger partial charge in [-0.25, -0.2) is 4.79 Å². The van der Waals surface area contributed by atoms with E-state index in [0.717, 1.165) is 25.7 Å². The van der Waals surface area contributed by atoms with Gasteiger partial charge in [0.15, 0.2) is 12.7 Å². The van der Waals surface area contributed by atoms with Gasteiger partial charge in [0, 0.05) is 6.07 Å². The number of anilines is 1. The second-order valence-electron chi connectivity index (χ2n) is 6.21. The molecule has 1 amide bonds. The van der Waals surface area contributed by atoms with Gasteiger partial charge in [0.2, 0.25) is 0 Å². The normalized spacial score (nSPS) is 18.8. The van der Waals surface area contributed by atoms with Crippen LogP contribution in [0, 0.1) is 0 Å². The molecule has 130 valence electrons. The van der Waals surface area contributed by atoms with Gasteiger partial charge in [-0.05, 0) is 44.2 Å². The van der Waals surface area contributed by atoms with Gasteiger partial charge in [-0.2, -0.15) is 0 Å². The van der Waals surface area contributed by atoms with Crippen LogP contribution in [0.25, 0.3) is 0 Å². The summed E-state index contributed by atoms with van der Waals surface area (Å²) >= 11 is 0. The monoisotopic (exact) mass is 333 g/mol. The Balaban J connectivity index is 1.63. The zero-order valence-corrected chi connectivity index (χ0v) is 13.9. The average Bonchev–Trinajstić information content (AvgIpc) is 2.60. The first-order chi connectivity index (χ1) is 11.7. The molecule has 0 spiro atoms. The maximum absolute atomic E-state index is 12.3. The van der Waals surface area contributed by atoms with E-state index >= 15 is 0 Å². The molecule has 1 N–H and O–H groups in total. The largest absolute Gasteiger partial charge is 0.482 e. The summed E-state index contributed by atoms with van der Waals surface area (Å²) in [6.45, 7) is 1.90. The lowest BCUT2D eigenvalue weighted by Gasteiger charge is -2.25. The molecule has 1 aliphatic carbocycles. The van der Waals surface area contributed by atoms with E-state index in [1.54, 1.807) is 18.2 Å². The van der Waals surface area contributed by atoms with Crippen molar-refractivity contribution in [3.05, 3.63) is 18.2 Å². The summed E-state index contributed by atoms with van der Waals surface area (Å²) < 4.78 is 16.7. The van der Waals surface area contributed by atoms with Crippen molar-refractivity contribution in [2.45, 2.75) is 57.7 Å². The van der Waals surface area contributed by atoms with E-state index in [4.69, 9.17) is 14.2 Å². The number of benzene rings is 1. The van der Waals surface area contributed by atoms with Crippen molar-refractivity contribution in [3.8, 4) is 11.5 Å². The Bertz CT molecular complexity index is 609. The Morgan fingerprint density at radius 2 is 2.12 bits per heavy atom. The summed E-state index contributed by atoms with van der Waals surface area (Å²) in [4.78, 5) is 23.7. The van der Waals surface area contributed by atoms with Crippen molar-refractivity contribution in [1.29, 1.82) is 0 Å². The van der Waals surface area contributed by atoms with Gasteiger partial charge in [0.25, 0.3) is 5.91 Å². The second kappa shape index (κ2) is 7.55. The Morgan fingerprint density at radius 1 is 1.33 bits per heavy atom. The van der Waals surface area contributed by atoms with Crippen LogP contribution >= 0.6 is 0 Å². The summed E-state index contributed by atoms with van der Waals surface area (Å²) in [7, 11) is 0. The first kappa shape index (κ1) is 16.6. The summed E-state index contributed by atoms with van der Waals surface area (Å²) in [6.07, 6.45) is 5.19. The molecule has 2 aliphatic rings. The number of ether oxygens (including phenoxy) is 3. The molecule has 6 heteroatoms. The van der Waals surface area contributed by atoms with Gasteiger partial charge in [-0.15, -0.1) is 0 Å². The van der Waals surface area contributed by atoms with Gasteiger partial charge >= 0.3 is 5.97 Å². The van der Waals surface area contributed by atoms with Crippen molar-refractivity contribution in [2.75, 3.05) is 11.9 Å². The molecule has 1 heterocycles. The van der Waals surface area contributed by atoms with E-state index < -0.39 is 6.10 Å². The molecule has 0 bridgehead atoms. The minimum absolute atomic E-state index is 0.0124. The Kier molecular flexibility index (Phi) is 5.23. The van der Waals surface area contributed by atoms with Crippen LogP contribution in [0.3, 0.4) is 0 Å². The molecule has 6 nitrogen and oxygen atoms in total. The van der Waals surface area contributed by atoms with Crippen molar-refractivity contribution in [3.63, 3.8) is 0 Å². The average molecular weight is 333 g/mol. The van der Waals surface area contributed by atoms with Crippen LogP contribution in [0.15, 0.2) is 18.2 Å². The van der Waals surface area contributed by atoms with E-state index in [2.05, 4.69) is 5.32 Å². The van der Waals surface area contributed by atoms with Gasteiger partial charge in [-0.3, -0.25) is 4.79 Å². The first-order valence-corrected chi connectivity index (χ1v) is 8.59. The van der Waals surface area contributed by atoms with Crippen LogP contribution in [0.2, 0.25) is 0 Å². The lowest BCUT2D eigenvalue weighted by Crippen LogP contribution is -2.33. The van der Waals surface area contributed by atoms with Crippen LogP contribution in [-0.4, -0.2) is 30.7 Å². The molecular formula is C18H23NO5. The molecule has 1 fully saturated rings. The molecule has 3 rings (SSSR count). The topological polar surface area (TPSA) is 73.9 Å². The fourth-order valence-electron chi connectivity index (χ4n) is 3.02. The number of nitrogens with one attached hydrogen (secondary N) is 1. The van der Waals surface area contributed by atoms with Crippen molar-refractivity contribution in [1.82, 2.24) is 0 Å². The van der Waals surface area contributed by atoms with Crippen LogP contribution < -0.4 is 14.8 Å². The number of amides is 1. The maximum Gasteiger partial charge on any atom is 0.347 e. The Morgan fingerprint density at radius 3 is 2.88 bits per heavy atom. The van der Waals surface area contributed by atoms with E-state index in [1.165, 1.54) is 6.42 Å². The van der Waals surface area contributed by atoms with Crippen LogP contribution in [0.4, 0.5) is 5.69 Å². The highest BCUT2D eigenvalue weighted by Gasteiger charge is 2.25. The SMILES string of the molecule is CCC(Oc1ccc2c(c1)NC(=O)CO2)C(=O)OC1CCCCC1. The number of rotatable bonds is 5. The maximum atomic E-state index is 12.3. The molecule has 1 aromatic rings. The standard InChI is InChI=1S/C18H23NO5/c1-2-15(18(21)24-12-6-4-3-5-7-12)23-13-8-9-16-14(10-13)19-17(20)11-22-16/h8-10,12,15H,2-7,11H2,1H3,(H,19,20). The molecule has 1 unspecified atom stereocenters. The molecule has 1 aromatic carbocycles. The molecule has 0 aromatic heterocycles. The summed E-state index contributed by atoms with van der Waals surface area (Å²) in [6, 6.07) is 5.12. The number of carbonyl (C=O) groups is 2. The fraction of sp³-hybridized carbons (Fsp3) is 0.556. The predicted molar refractivity (Wildman–Crippen MR) is 88.2 cm³/mol. The number of hydrogen-bond donors (Lipinski definition) is 1. The Labute approximate surface area is 141 Å². The first-order valence-electron chi connectivity index (χ1n) is 8.59. The van der Waals surface area contributed by atoms with E-state index in [-0.39, 0.29) is 24.6 Å². The third-order valence-corrected chi connectivity index (χ3v) is 4.33.